The third-order valence-electron chi connectivity index (χ3n) is 4.79. The van der Waals surface area contributed by atoms with Crippen LogP contribution < -0.4 is 11.3 Å². The van der Waals surface area contributed by atoms with Gasteiger partial charge in [0, 0.05) is 16.3 Å². The predicted octanol–water partition coefficient (Wildman–Crippen LogP) is 3.63. The number of carbonyl (C=O) groups is 1. The van der Waals surface area contributed by atoms with Crippen LogP contribution in [-0.2, 0) is 19.3 Å². The van der Waals surface area contributed by atoms with Crippen LogP contribution in [0.4, 0.5) is 0 Å². The number of hydrazine groups is 1. The van der Waals surface area contributed by atoms with Crippen molar-refractivity contribution in [3.8, 4) is 10.4 Å². The Labute approximate surface area is 146 Å². The Morgan fingerprint density at radius 3 is 2.83 bits per heavy atom. The average molecular weight is 344 g/mol. The Balaban J connectivity index is 2.13. The molecule has 128 valence electrons. The van der Waals surface area contributed by atoms with E-state index >= 15 is 0 Å². The zero-order valence-electron chi connectivity index (χ0n) is 14.2. The minimum Gasteiger partial charge on any atom is -0.478 e. The van der Waals surface area contributed by atoms with Gasteiger partial charge in [0.05, 0.1) is 5.56 Å². The van der Waals surface area contributed by atoms with Crippen molar-refractivity contribution in [1.29, 1.82) is 0 Å². The van der Waals surface area contributed by atoms with Gasteiger partial charge in [-0.15, -0.1) is 11.3 Å². The molecule has 0 unspecified atom stereocenters. The number of aryl methyl sites for hydroxylation is 1. The van der Waals surface area contributed by atoms with Crippen molar-refractivity contribution in [1.82, 2.24) is 5.43 Å². The Morgan fingerprint density at radius 2 is 2.12 bits per heavy atom. The summed E-state index contributed by atoms with van der Waals surface area (Å²) in [7, 11) is 0. The molecule has 1 heterocycles. The van der Waals surface area contributed by atoms with Gasteiger partial charge in [-0.1, -0.05) is 38.1 Å². The molecular formula is C19H24N2O2S. The van der Waals surface area contributed by atoms with Gasteiger partial charge in [0.1, 0.15) is 0 Å². The standard InChI is InChI=1S/C19H24N2O2S/c1-19(2)9-7-15-14(11-19)16(18(22)23)17(24-15)13-6-4-3-5-12(13)8-10-21-20/h3-6,21H,7-11,20H2,1-2H3,(H,22,23). The van der Waals surface area contributed by atoms with Crippen LogP contribution >= 0.6 is 11.3 Å². The highest BCUT2D eigenvalue weighted by Crippen LogP contribution is 2.45. The van der Waals surface area contributed by atoms with Crippen LogP contribution in [0, 0.1) is 5.41 Å². The van der Waals surface area contributed by atoms with E-state index in [1.54, 1.807) is 11.3 Å². The molecule has 1 aromatic carbocycles. The lowest BCUT2D eigenvalue weighted by Crippen LogP contribution is -2.24. The van der Waals surface area contributed by atoms with Gasteiger partial charge in [-0.3, -0.25) is 11.3 Å². The van der Waals surface area contributed by atoms with E-state index in [-0.39, 0.29) is 5.41 Å². The van der Waals surface area contributed by atoms with Crippen LogP contribution in [0.2, 0.25) is 0 Å². The van der Waals surface area contributed by atoms with Gasteiger partial charge in [0.15, 0.2) is 0 Å². The third kappa shape index (κ3) is 3.24. The van der Waals surface area contributed by atoms with Crippen molar-refractivity contribution in [2.45, 2.75) is 39.5 Å². The molecule has 0 atom stereocenters. The third-order valence-corrected chi connectivity index (χ3v) is 6.11. The topological polar surface area (TPSA) is 75.3 Å². The minimum atomic E-state index is -0.813. The summed E-state index contributed by atoms with van der Waals surface area (Å²) in [4.78, 5) is 14.2. The quantitative estimate of drug-likeness (QED) is 0.572. The van der Waals surface area contributed by atoms with E-state index in [1.807, 2.05) is 18.2 Å². The number of fused-ring (bicyclic) bond motifs is 1. The summed E-state index contributed by atoms with van der Waals surface area (Å²) < 4.78 is 0. The smallest absolute Gasteiger partial charge is 0.337 e. The molecule has 0 saturated heterocycles. The Morgan fingerprint density at radius 1 is 1.38 bits per heavy atom. The number of thiophene rings is 1. The second-order valence-corrected chi connectivity index (χ2v) is 8.32. The van der Waals surface area contributed by atoms with Gasteiger partial charge in [0.25, 0.3) is 0 Å². The molecule has 4 N–H and O–H groups in total. The lowest BCUT2D eigenvalue weighted by molar-refractivity contribution is 0.0696. The number of carboxylic acids is 1. The van der Waals surface area contributed by atoms with Crippen molar-refractivity contribution in [2.24, 2.45) is 11.3 Å². The van der Waals surface area contributed by atoms with E-state index in [0.29, 0.717) is 12.1 Å². The highest BCUT2D eigenvalue weighted by atomic mass is 32.1. The molecule has 2 aromatic rings. The molecule has 0 radical (unpaired) electrons. The monoisotopic (exact) mass is 344 g/mol. The summed E-state index contributed by atoms with van der Waals surface area (Å²) in [6.45, 7) is 5.11. The van der Waals surface area contributed by atoms with Crippen molar-refractivity contribution in [3.63, 3.8) is 0 Å². The van der Waals surface area contributed by atoms with E-state index in [9.17, 15) is 9.90 Å². The largest absolute Gasteiger partial charge is 0.478 e. The number of hydrogen-bond donors (Lipinski definition) is 3. The van der Waals surface area contributed by atoms with E-state index < -0.39 is 5.97 Å². The first-order valence-electron chi connectivity index (χ1n) is 8.32. The summed E-state index contributed by atoms with van der Waals surface area (Å²) >= 11 is 1.66. The zero-order chi connectivity index (χ0) is 17.3. The van der Waals surface area contributed by atoms with Crippen LogP contribution in [-0.4, -0.2) is 17.6 Å². The van der Waals surface area contributed by atoms with Crippen LogP contribution in [0.15, 0.2) is 24.3 Å². The van der Waals surface area contributed by atoms with Gasteiger partial charge < -0.3 is 5.11 Å². The molecule has 0 spiro atoms. The zero-order valence-corrected chi connectivity index (χ0v) is 15.0. The Hall–Kier alpha value is -1.69. The number of nitrogens with one attached hydrogen (secondary N) is 1. The second-order valence-electron chi connectivity index (χ2n) is 7.22. The number of nitrogens with two attached hydrogens (primary N) is 1. The summed E-state index contributed by atoms with van der Waals surface area (Å²) in [6, 6.07) is 8.05. The first kappa shape index (κ1) is 17.1. The molecule has 0 fully saturated rings. The molecule has 0 bridgehead atoms. The van der Waals surface area contributed by atoms with Gasteiger partial charge in [-0.25, -0.2) is 4.79 Å². The average Bonchev–Trinajstić information content (AvgIpc) is 2.90. The molecule has 0 saturated carbocycles. The van der Waals surface area contributed by atoms with Crippen LogP contribution in [0.25, 0.3) is 10.4 Å². The minimum absolute atomic E-state index is 0.165. The summed E-state index contributed by atoms with van der Waals surface area (Å²) in [5, 5.41) is 9.88. The number of aromatic carboxylic acids is 1. The molecule has 1 aliphatic carbocycles. The SMILES string of the molecule is CC1(C)CCc2sc(-c3ccccc3CCNN)c(C(=O)O)c2C1. The number of carboxylic acid groups (broad SMARTS) is 1. The molecule has 0 aliphatic heterocycles. The van der Waals surface area contributed by atoms with Crippen LogP contribution in [0.1, 0.15) is 46.6 Å². The summed E-state index contributed by atoms with van der Waals surface area (Å²) in [5.74, 6) is 4.60. The van der Waals surface area contributed by atoms with E-state index in [1.165, 1.54) is 4.88 Å². The number of rotatable bonds is 5. The van der Waals surface area contributed by atoms with Crippen molar-refractivity contribution < 1.29 is 9.90 Å². The van der Waals surface area contributed by atoms with Crippen molar-refractivity contribution >= 4 is 17.3 Å². The molecule has 4 nitrogen and oxygen atoms in total. The fourth-order valence-corrected chi connectivity index (χ4v) is 4.87. The van der Waals surface area contributed by atoms with Gasteiger partial charge in [0.2, 0.25) is 0 Å². The maximum absolute atomic E-state index is 12.0. The summed E-state index contributed by atoms with van der Waals surface area (Å²) in [5.41, 5.74) is 6.57. The number of benzene rings is 1. The highest BCUT2D eigenvalue weighted by Gasteiger charge is 2.33. The van der Waals surface area contributed by atoms with Crippen LogP contribution in [0.5, 0.6) is 0 Å². The molecule has 3 rings (SSSR count). The highest BCUT2D eigenvalue weighted by molar-refractivity contribution is 7.16. The molecule has 24 heavy (non-hydrogen) atoms. The lowest BCUT2D eigenvalue weighted by atomic mass is 9.76. The van der Waals surface area contributed by atoms with Crippen molar-refractivity contribution in [3.05, 3.63) is 45.8 Å². The molecule has 0 amide bonds. The van der Waals surface area contributed by atoms with Crippen molar-refractivity contribution in [2.75, 3.05) is 6.54 Å². The molecule has 5 heteroatoms. The molecule has 1 aromatic heterocycles. The van der Waals surface area contributed by atoms with Gasteiger partial charge in [-0.2, -0.15) is 0 Å². The van der Waals surface area contributed by atoms with E-state index in [4.69, 9.17) is 5.84 Å². The fourth-order valence-electron chi connectivity index (χ4n) is 3.50. The van der Waals surface area contributed by atoms with Gasteiger partial charge in [-0.05, 0) is 47.8 Å². The van der Waals surface area contributed by atoms with E-state index in [2.05, 4.69) is 25.3 Å². The predicted molar refractivity (Wildman–Crippen MR) is 98.4 cm³/mol. The lowest BCUT2D eigenvalue weighted by Gasteiger charge is -2.29. The normalized spacial score (nSPS) is 16.0. The number of hydrogen-bond acceptors (Lipinski definition) is 4. The van der Waals surface area contributed by atoms with E-state index in [0.717, 1.165) is 47.3 Å². The molecular weight excluding hydrogens is 320 g/mol. The maximum Gasteiger partial charge on any atom is 0.337 e. The second kappa shape index (κ2) is 6.67. The maximum atomic E-state index is 12.0. The Kier molecular flexibility index (Phi) is 4.76. The van der Waals surface area contributed by atoms with Gasteiger partial charge >= 0.3 is 5.97 Å². The first-order chi connectivity index (χ1) is 11.4. The molecule has 1 aliphatic rings. The summed E-state index contributed by atoms with van der Waals surface area (Å²) in [6.07, 6.45) is 3.70. The first-order valence-corrected chi connectivity index (χ1v) is 9.14. The van der Waals surface area contributed by atoms with Crippen LogP contribution in [0.3, 0.4) is 0 Å². The fraction of sp³-hybridized carbons (Fsp3) is 0.421. The Bertz CT molecular complexity index is 765.